The maximum atomic E-state index is 14.2. The van der Waals surface area contributed by atoms with Gasteiger partial charge in [-0.15, -0.1) is 11.3 Å². The zero-order valence-electron chi connectivity index (χ0n) is 21.2. The molecule has 0 spiro atoms. The van der Waals surface area contributed by atoms with E-state index in [4.69, 9.17) is 16.3 Å². The molecule has 0 radical (unpaired) electrons. The van der Waals surface area contributed by atoms with E-state index in [1.807, 2.05) is 30.1 Å². The summed E-state index contributed by atoms with van der Waals surface area (Å²) in [5, 5.41) is 4.95. The normalized spacial score (nSPS) is 18.9. The summed E-state index contributed by atoms with van der Waals surface area (Å²) in [6, 6.07) is 13.0. The van der Waals surface area contributed by atoms with Crippen LogP contribution in [0.4, 0.5) is 4.39 Å². The molecule has 1 heterocycles. The van der Waals surface area contributed by atoms with E-state index in [1.54, 1.807) is 19.2 Å². The summed E-state index contributed by atoms with van der Waals surface area (Å²) in [6.07, 6.45) is 10.1. The number of thiophene rings is 1. The van der Waals surface area contributed by atoms with Crippen LogP contribution < -0.4 is 19.8 Å². The molecule has 0 aliphatic heterocycles. The summed E-state index contributed by atoms with van der Waals surface area (Å²) < 4.78 is 20.3. The fourth-order valence-electron chi connectivity index (χ4n) is 5.44. The minimum absolute atomic E-state index is 0.0201. The van der Waals surface area contributed by atoms with Crippen molar-refractivity contribution in [2.45, 2.75) is 57.2 Å². The first-order valence-corrected chi connectivity index (χ1v) is 14.1. The summed E-state index contributed by atoms with van der Waals surface area (Å²) in [7, 11) is 3.65. The molecule has 1 fully saturated rings. The van der Waals surface area contributed by atoms with Crippen molar-refractivity contribution in [2.75, 3.05) is 14.2 Å². The average Bonchev–Trinajstić information content (AvgIpc) is 3.28. The largest absolute Gasteiger partial charge is 0.496 e. The van der Waals surface area contributed by atoms with E-state index >= 15 is 0 Å². The Morgan fingerprint density at radius 3 is 2.46 bits per heavy atom. The van der Waals surface area contributed by atoms with Crippen molar-refractivity contribution in [1.82, 2.24) is 10.2 Å². The van der Waals surface area contributed by atoms with Gasteiger partial charge in [-0.25, -0.2) is 4.39 Å². The third-order valence-electron chi connectivity index (χ3n) is 7.56. The molecule has 7 heteroatoms. The minimum atomic E-state index is -0.267. The number of benzene rings is 2. The molecule has 5 rings (SSSR count). The standard InChI is InChI=1S/C30H32ClFN2O2S/c1-33-23-12-14-24(15-13-23)34(30(35)29-28(31)25-5-3-4-6-27(25)37-29)18-21-17-20(9-16-26(21)36-2)19-7-10-22(32)11-8-19/h5-11,16-17,23-24,33H,3-4,12-15,18H2,1-2H3/t23-,24+. The molecule has 0 unspecified atom stereocenters. The summed E-state index contributed by atoms with van der Waals surface area (Å²) in [5.41, 5.74) is 2.79. The lowest BCUT2D eigenvalue weighted by Gasteiger charge is -2.37. The number of carbonyl (C=O) groups is 1. The molecule has 0 atom stereocenters. The number of ether oxygens (including phenoxy) is 1. The van der Waals surface area contributed by atoms with Crippen LogP contribution in [-0.2, 0) is 6.54 Å². The van der Waals surface area contributed by atoms with Crippen LogP contribution in [0.1, 0.15) is 53.8 Å². The molecule has 37 heavy (non-hydrogen) atoms. The quantitative estimate of drug-likeness (QED) is 0.417. The highest BCUT2D eigenvalue weighted by Gasteiger charge is 2.32. The molecule has 3 aromatic rings. The number of halogens is 2. The molecule has 1 amide bonds. The SMILES string of the molecule is CN[C@H]1CC[C@@H](N(Cc2cc(-c3ccc(F)cc3)ccc2OC)C(=O)c2sc3c(c2Cl)=CCCC=3)CC1. The highest BCUT2D eigenvalue weighted by atomic mass is 35.5. The number of nitrogens with one attached hydrogen (secondary N) is 1. The second-order valence-corrected chi connectivity index (χ2v) is 11.2. The lowest BCUT2D eigenvalue weighted by molar-refractivity contribution is 0.0604. The first kappa shape index (κ1) is 26.0. The van der Waals surface area contributed by atoms with Crippen LogP contribution in [0.25, 0.3) is 23.3 Å². The molecular weight excluding hydrogens is 507 g/mol. The Morgan fingerprint density at radius 2 is 1.78 bits per heavy atom. The van der Waals surface area contributed by atoms with Crippen molar-refractivity contribution in [3.05, 3.63) is 73.5 Å². The number of hydrogen-bond donors (Lipinski definition) is 1. The first-order valence-electron chi connectivity index (χ1n) is 12.9. The van der Waals surface area contributed by atoms with Gasteiger partial charge in [0.2, 0.25) is 0 Å². The van der Waals surface area contributed by atoms with Crippen molar-refractivity contribution in [2.24, 2.45) is 0 Å². The van der Waals surface area contributed by atoms with Crippen LogP contribution in [0.15, 0.2) is 42.5 Å². The Balaban J connectivity index is 1.52. The van der Waals surface area contributed by atoms with E-state index in [1.165, 1.54) is 23.5 Å². The van der Waals surface area contributed by atoms with Crippen molar-refractivity contribution in [3.63, 3.8) is 0 Å². The Labute approximate surface area is 226 Å². The topological polar surface area (TPSA) is 41.6 Å². The van der Waals surface area contributed by atoms with Crippen LogP contribution >= 0.6 is 22.9 Å². The first-order chi connectivity index (χ1) is 18.0. The molecule has 1 saturated carbocycles. The lowest BCUT2D eigenvalue weighted by Crippen LogP contribution is -2.44. The van der Waals surface area contributed by atoms with E-state index in [0.717, 1.165) is 70.7 Å². The molecule has 2 aromatic carbocycles. The summed E-state index contributed by atoms with van der Waals surface area (Å²) in [4.78, 5) is 16.8. The molecule has 4 nitrogen and oxygen atoms in total. The van der Waals surface area contributed by atoms with Gasteiger partial charge in [0, 0.05) is 33.9 Å². The van der Waals surface area contributed by atoms with Crippen molar-refractivity contribution in [1.29, 1.82) is 0 Å². The number of carbonyl (C=O) groups excluding carboxylic acids is 1. The predicted molar refractivity (Wildman–Crippen MR) is 150 cm³/mol. The van der Waals surface area contributed by atoms with Crippen LogP contribution in [-0.4, -0.2) is 37.0 Å². The van der Waals surface area contributed by atoms with Crippen molar-refractivity contribution < 1.29 is 13.9 Å². The van der Waals surface area contributed by atoms with Gasteiger partial charge in [0.25, 0.3) is 5.91 Å². The Bertz CT molecular complexity index is 1390. The minimum Gasteiger partial charge on any atom is -0.496 e. The fraction of sp³-hybridized carbons (Fsp3) is 0.367. The molecule has 0 saturated heterocycles. The number of hydrogen-bond acceptors (Lipinski definition) is 4. The van der Waals surface area contributed by atoms with E-state index in [9.17, 15) is 9.18 Å². The van der Waals surface area contributed by atoms with E-state index in [-0.39, 0.29) is 17.8 Å². The molecular formula is C30H32ClFN2O2S. The van der Waals surface area contributed by atoms with Gasteiger partial charge in [0.15, 0.2) is 0 Å². The average molecular weight is 539 g/mol. The lowest BCUT2D eigenvalue weighted by atomic mass is 9.89. The second-order valence-electron chi connectivity index (χ2n) is 9.77. The number of nitrogens with zero attached hydrogens (tertiary/aromatic N) is 1. The second kappa shape index (κ2) is 11.4. The number of rotatable bonds is 7. The summed E-state index contributed by atoms with van der Waals surface area (Å²) in [5.74, 6) is 0.440. The summed E-state index contributed by atoms with van der Waals surface area (Å²) in [6.45, 7) is 0.415. The van der Waals surface area contributed by atoms with Gasteiger partial charge in [-0.2, -0.15) is 0 Å². The molecule has 194 valence electrons. The van der Waals surface area contributed by atoms with E-state index in [0.29, 0.717) is 22.5 Å². The Kier molecular flexibility index (Phi) is 7.98. The van der Waals surface area contributed by atoms with Crippen LogP contribution in [0, 0.1) is 5.82 Å². The zero-order valence-corrected chi connectivity index (χ0v) is 22.8. The van der Waals surface area contributed by atoms with E-state index < -0.39 is 0 Å². The number of fused-ring (bicyclic) bond motifs is 1. The third kappa shape index (κ3) is 5.47. The Hall–Kier alpha value is -2.67. The van der Waals surface area contributed by atoms with Crippen LogP contribution in [0.3, 0.4) is 0 Å². The molecule has 1 N–H and O–H groups in total. The van der Waals surface area contributed by atoms with Crippen LogP contribution in [0.5, 0.6) is 5.75 Å². The predicted octanol–water partition coefficient (Wildman–Crippen LogP) is 5.74. The fourth-order valence-corrected chi connectivity index (χ4v) is 6.99. The van der Waals surface area contributed by atoms with Gasteiger partial charge in [-0.05, 0) is 81.0 Å². The molecule has 1 aromatic heterocycles. The number of amides is 1. The van der Waals surface area contributed by atoms with Gasteiger partial charge in [0.1, 0.15) is 16.4 Å². The maximum Gasteiger partial charge on any atom is 0.266 e. The zero-order chi connectivity index (χ0) is 25.9. The highest BCUT2D eigenvalue weighted by Crippen LogP contribution is 2.32. The van der Waals surface area contributed by atoms with Crippen LogP contribution in [0.2, 0.25) is 5.02 Å². The third-order valence-corrected chi connectivity index (χ3v) is 9.25. The molecule has 2 aliphatic carbocycles. The van der Waals surface area contributed by atoms with Crippen molar-refractivity contribution in [3.8, 4) is 16.9 Å². The van der Waals surface area contributed by atoms with E-state index in [2.05, 4.69) is 17.5 Å². The number of methoxy groups -OCH3 is 1. The molecule has 2 aliphatic rings. The monoisotopic (exact) mass is 538 g/mol. The maximum absolute atomic E-state index is 14.2. The van der Waals surface area contributed by atoms with Gasteiger partial charge >= 0.3 is 0 Å². The highest BCUT2D eigenvalue weighted by molar-refractivity contribution is 7.12. The van der Waals surface area contributed by atoms with Gasteiger partial charge < -0.3 is 15.0 Å². The van der Waals surface area contributed by atoms with Gasteiger partial charge in [-0.1, -0.05) is 42.0 Å². The summed E-state index contributed by atoms with van der Waals surface area (Å²) >= 11 is 8.29. The van der Waals surface area contributed by atoms with Crippen molar-refractivity contribution >= 4 is 41.0 Å². The Morgan fingerprint density at radius 1 is 1.08 bits per heavy atom. The smallest absolute Gasteiger partial charge is 0.266 e. The van der Waals surface area contributed by atoms with Gasteiger partial charge in [0.05, 0.1) is 12.1 Å². The molecule has 0 bridgehead atoms. The van der Waals surface area contributed by atoms with Gasteiger partial charge in [-0.3, -0.25) is 4.79 Å².